The average molecular weight is 386 g/mol. The molecule has 0 saturated carbocycles. The first-order valence-corrected chi connectivity index (χ1v) is 9.05. The number of carbonyl (C=O) groups excluding carboxylic acids is 2. The highest BCUT2D eigenvalue weighted by Gasteiger charge is 2.26. The first-order chi connectivity index (χ1) is 13.3. The topological polar surface area (TPSA) is 97.8 Å². The molecule has 7 heteroatoms. The lowest BCUT2D eigenvalue weighted by Crippen LogP contribution is -2.41. The maximum atomic E-state index is 12.4. The minimum atomic E-state index is -0.911. The largest absolute Gasteiger partial charge is 0.503 e. The molecule has 0 spiro atoms. The van der Waals surface area contributed by atoms with Crippen molar-refractivity contribution in [1.29, 1.82) is 0 Å². The Hall–Kier alpha value is -3.09. The van der Waals surface area contributed by atoms with E-state index in [9.17, 15) is 14.7 Å². The van der Waals surface area contributed by atoms with Crippen LogP contribution in [0.1, 0.15) is 48.3 Å². The van der Waals surface area contributed by atoms with E-state index in [1.54, 1.807) is 0 Å². The molecule has 7 nitrogen and oxygen atoms in total. The number of ether oxygens (including phenoxy) is 2. The number of esters is 1. The van der Waals surface area contributed by atoms with Gasteiger partial charge in [0.15, 0.2) is 17.2 Å². The molecule has 1 aromatic carbocycles. The van der Waals surface area contributed by atoms with Crippen LogP contribution in [0.2, 0.25) is 0 Å². The number of benzene rings is 1. The Bertz CT molecular complexity index is 852. The second kappa shape index (κ2) is 9.21. The Balaban J connectivity index is 2.01. The summed E-state index contributed by atoms with van der Waals surface area (Å²) in [5, 5.41) is 12.5. The van der Waals surface area contributed by atoms with E-state index in [1.165, 1.54) is 26.3 Å². The molecule has 0 radical (unpaired) electrons. The normalized spacial score (nSPS) is 13.9. The van der Waals surface area contributed by atoms with Gasteiger partial charge in [0.2, 0.25) is 0 Å². The van der Waals surface area contributed by atoms with Gasteiger partial charge in [0.05, 0.1) is 7.11 Å². The van der Waals surface area contributed by atoms with Crippen molar-refractivity contribution in [2.45, 2.75) is 45.8 Å². The van der Waals surface area contributed by atoms with Crippen LogP contribution < -0.4 is 10.1 Å². The van der Waals surface area contributed by atoms with E-state index in [1.807, 2.05) is 45.0 Å². The molecule has 0 aliphatic rings. The summed E-state index contributed by atoms with van der Waals surface area (Å²) in [4.78, 5) is 28.6. The van der Waals surface area contributed by atoms with Crippen molar-refractivity contribution in [3.63, 3.8) is 0 Å². The number of hydrogen-bond acceptors (Lipinski definition) is 6. The predicted octanol–water partition coefficient (Wildman–Crippen LogP) is 2.96. The zero-order valence-electron chi connectivity index (χ0n) is 16.7. The van der Waals surface area contributed by atoms with Gasteiger partial charge in [0.1, 0.15) is 12.1 Å². The molecule has 0 aliphatic heterocycles. The number of amides is 1. The molecule has 150 valence electrons. The van der Waals surface area contributed by atoms with Gasteiger partial charge >= 0.3 is 5.97 Å². The van der Waals surface area contributed by atoms with Crippen molar-refractivity contribution in [2.24, 2.45) is 0 Å². The lowest BCUT2D eigenvalue weighted by atomic mass is 9.92. The fourth-order valence-electron chi connectivity index (χ4n) is 2.83. The SMILES string of the molecule is COc1ccnc(C(=O)N[C@@H](C)C(=O)O[C@H](C)[C@H](C)c2ccccc2C)c1O. The number of aryl methyl sites for hydroxylation is 1. The number of pyridine rings is 1. The van der Waals surface area contributed by atoms with Gasteiger partial charge in [-0.25, -0.2) is 9.78 Å². The summed E-state index contributed by atoms with van der Waals surface area (Å²) in [6.45, 7) is 7.33. The van der Waals surface area contributed by atoms with Crippen molar-refractivity contribution < 1.29 is 24.2 Å². The van der Waals surface area contributed by atoms with Gasteiger partial charge in [0.25, 0.3) is 5.91 Å². The molecule has 0 bridgehead atoms. The predicted molar refractivity (Wildman–Crippen MR) is 105 cm³/mol. The molecular formula is C21H26N2O5. The third-order valence-corrected chi connectivity index (χ3v) is 4.71. The minimum absolute atomic E-state index is 0.00264. The summed E-state index contributed by atoms with van der Waals surface area (Å²) >= 11 is 0. The molecule has 0 saturated heterocycles. The molecular weight excluding hydrogens is 360 g/mol. The van der Waals surface area contributed by atoms with E-state index >= 15 is 0 Å². The maximum absolute atomic E-state index is 12.4. The molecule has 2 N–H and O–H groups in total. The van der Waals surface area contributed by atoms with Crippen molar-refractivity contribution in [3.05, 3.63) is 53.3 Å². The minimum Gasteiger partial charge on any atom is -0.503 e. The quantitative estimate of drug-likeness (QED) is 0.710. The van der Waals surface area contributed by atoms with E-state index < -0.39 is 17.9 Å². The van der Waals surface area contributed by atoms with Crippen LogP contribution in [0, 0.1) is 6.92 Å². The molecule has 0 aliphatic carbocycles. The highest BCUT2D eigenvalue weighted by molar-refractivity contribution is 5.97. The fourth-order valence-corrected chi connectivity index (χ4v) is 2.83. The summed E-state index contributed by atoms with van der Waals surface area (Å²) in [5.74, 6) is -1.53. The summed E-state index contributed by atoms with van der Waals surface area (Å²) in [6.07, 6.45) is 0.957. The number of nitrogens with one attached hydrogen (secondary N) is 1. The zero-order chi connectivity index (χ0) is 20.8. The number of aromatic nitrogens is 1. The Morgan fingerprint density at radius 3 is 2.46 bits per heavy atom. The Morgan fingerprint density at radius 1 is 1.14 bits per heavy atom. The first kappa shape index (κ1) is 21.2. The molecule has 28 heavy (non-hydrogen) atoms. The van der Waals surface area contributed by atoms with E-state index in [0.717, 1.165) is 11.1 Å². The van der Waals surface area contributed by atoms with E-state index in [0.29, 0.717) is 0 Å². The van der Waals surface area contributed by atoms with E-state index in [4.69, 9.17) is 9.47 Å². The van der Waals surface area contributed by atoms with Crippen LogP contribution in [-0.2, 0) is 9.53 Å². The van der Waals surface area contributed by atoms with Crippen LogP contribution in [0.3, 0.4) is 0 Å². The van der Waals surface area contributed by atoms with Crippen molar-refractivity contribution >= 4 is 11.9 Å². The molecule has 2 rings (SSSR count). The van der Waals surface area contributed by atoms with E-state index in [-0.39, 0.29) is 29.2 Å². The van der Waals surface area contributed by atoms with Gasteiger partial charge in [-0.3, -0.25) is 4.79 Å². The van der Waals surface area contributed by atoms with Crippen LogP contribution in [0.5, 0.6) is 11.5 Å². The maximum Gasteiger partial charge on any atom is 0.328 e. The van der Waals surface area contributed by atoms with Gasteiger partial charge in [0, 0.05) is 18.2 Å². The number of hydrogen-bond donors (Lipinski definition) is 2. The summed E-state index contributed by atoms with van der Waals surface area (Å²) in [7, 11) is 1.37. The smallest absolute Gasteiger partial charge is 0.328 e. The third-order valence-electron chi connectivity index (χ3n) is 4.71. The third kappa shape index (κ3) is 4.79. The van der Waals surface area contributed by atoms with Gasteiger partial charge in [-0.15, -0.1) is 0 Å². The molecule has 1 aromatic heterocycles. The van der Waals surface area contributed by atoms with Crippen molar-refractivity contribution in [3.8, 4) is 11.5 Å². The van der Waals surface area contributed by atoms with Gasteiger partial charge < -0.3 is 19.9 Å². The average Bonchev–Trinajstić information content (AvgIpc) is 2.67. The number of nitrogens with zero attached hydrogens (tertiary/aromatic N) is 1. The standard InChI is InChI=1S/C21H26N2O5/c1-12-8-6-7-9-16(12)13(2)15(4)28-21(26)14(3)23-20(25)18-19(24)17(27-5)10-11-22-18/h6-11,13-15,24H,1-5H3,(H,23,25)/t13-,14-,15+/m0/s1. The van der Waals surface area contributed by atoms with Crippen LogP contribution in [-0.4, -0.2) is 41.2 Å². The molecule has 0 fully saturated rings. The number of methoxy groups -OCH3 is 1. The molecule has 2 aromatic rings. The number of carbonyl (C=O) groups is 2. The molecule has 1 amide bonds. The summed E-state index contributed by atoms with van der Waals surface area (Å²) < 4.78 is 10.5. The Kier molecular flexibility index (Phi) is 6.98. The first-order valence-electron chi connectivity index (χ1n) is 9.05. The molecule has 3 atom stereocenters. The van der Waals surface area contributed by atoms with Crippen molar-refractivity contribution in [2.75, 3.05) is 7.11 Å². The Labute approximate surface area is 164 Å². The van der Waals surface area contributed by atoms with Crippen LogP contribution in [0.4, 0.5) is 0 Å². The zero-order valence-corrected chi connectivity index (χ0v) is 16.7. The molecule has 1 heterocycles. The van der Waals surface area contributed by atoms with Crippen LogP contribution in [0.25, 0.3) is 0 Å². The van der Waals surface area contributed by atoms with E-state index in [2.05, 4.69) is 10.3 Å². The summed E-state index contributed by atoms with van der Waals surface area (Å²) in [6, 6.07) is 8.44. The summed E-state index contributed by atoms with van der Waals surface area (Å²) in [5.41, 5.74) is 2.00. The van der Waals surface area contributed by atoms with Gasteiger partial charge in [-0.2, -0.15) is 0 Å². The van der Waals surface area contributed by atoms with Gasteiger partial charge in [-0.1, -0.05) is 31.2 Å². The number of aromatic hydroxyl groups is 1. The van der Waals surface area contributed by atoms with Crippen molar-refractivity contribution in [1.82, 2.24) is 10.3 Å². The van der Waals surface area contributed by atoms with Gasteiger partial charge in [-0.05, 0) is 31.9 Å². The highest BCUT2D eigenvalue weighted by Crippen LogP contribution is 2.27. The number of rotatable bonds is 7. The Morgan fingerprint density at radius 2 is 1.82 bits per heavy atom. The van der Waals surface area contributed by atoms with Crippen LogP contribution in [0.15, 0.2) is 36.5 Å². The monoisotopic (exact) mass is 386 g/mol. The lowest BCUT2D eigenvalue weighted by molar-refractivity contribution is -0.151. The second-order valence-corrected chi connectivity index (χ2v) is 6.69. The highest BCUT2D eigenvalue weighted by atomic mass is 16.5. The lowest BCUT2D eigenvalue weighted by Gasteiger charge is -2.24. The van der Waals surface area contributed by atoms with Crippen LogP contribution >= 0.6 is 0 Å². The molecule has 0 unspecified atom stereocenters. The fraction of sp³-hybridized carbons (Fsp3) is 0.381. The second-order valence-electron chi connectivity index (χ2n) is 6.69.